The zero-order valence-electron chi connectivity index (χ0n) is 20.3. The van der Waals surface area contributed by atoms with Crippen molar-refractivity contribution in [2.75, 3.05) is 6.61 Å². The summed E-state index contributed by atoms with van der Waals surface area (Å²) in [5.74, 6) is 0.00267. The summed E-state index contributed by atoms with van der Waals surface area (Å²) in [5, 5.41) is 9.41. The predicted octanol–water partition coefficient (Wildman–Crippen LogP) is 5.64. The lowest BCUT2D eigenvalue weighted by molar-refractivity contribution is -0.143. The Balaban J connectivity index is 1.61. The largest absolute Gasteiger partial charge is 0.416 e. The monoisotopic (exact) mass is 550 g/mol. The van der Waals surface area contributed by atoms with Crippen molar-refractivity contribution < 1.29 is 31.1 Å². The van der Waals surface area contributed by atoms with Crippen LogP contribution in [0.25, 0.3) is 0 Å². The van der Waals surface area contributed by atoms with Gasteiger partial charge in [-0.2, -0.15) is 31.4 Å². The Kier molecular flexibility index (Phi) is 8.56. The van der Waals surface area contributed by atoms with Crippen molar-refractivity contribution in [2.24, 2.45) is 0 Å². The summed E-state index contributed by atoms with van der Waals surface area (Å²) in [7, 11) is 0. The molecule has 1 unspecified atom stereocenters. The van der Waals surface area contributed by atoms with E-state index in [2.05, 4.69) is 20.5 Å². The number of hydrogen-bond donors (Lipinski definition) is 3. The molecule has 0 radical (unpaired) electrons. The molecular formula is C27H24F6N4O2. The molecule has 206 valence electrons. The first-order valence-corrected chi connectivity index (χ1v) is 11.8. The number of halogens is 6. The predicted molar refractivity (Wildman–Crippen MR) is 131 cm³/mol. The maximum atomic E-state index is 13.3. The van der Waals surface area contributed by atoms with Crippen LogP contribution in [-0.4, -0.2) is 27.8 Å². The third-order valence-corrected chi connectivity index (χ3v) is 6.02. The maximum Gasteiger partial charge on any atom is 0.416 e. The molecule has 39 heavy (non-hydrogen) atoms. The molecule has 1 atom stereocenters. The van der Waals surface area contributed by atoms with E-state index < -0.39 is 41.8 Å². The van der Waals surface area contributed by atoms with E-state index >= 15 is 0 Å². The Morgan fingerprint density at radius 3 is 1.82 bits per heavy atom. The summed E-state index contributed by atoms with van der Waals surface area (Å²) >= 11 is 0. The Hall–Kier alpha value is -3.90. The minimum atomic E-state index is -4.95. The second-order valence-corrected chi connectivity index (χ2v) is 8.84. The molecule has 0 fully saturated rings. The number of ether oxygens (including phenoxy) is 1. The molecule has 0 amide bonds. The number of aromatic amines is 2. The molecule has 0 saturated heterocycles. The van der Waals surface area contributed by atoms with Crippen LogP contribution in [0, 0.1) is 0 Å². The molecule has 0 saturated carbocycles. The number of aromatic nitrogens is 3. The van der Waals surface area contributed by atoms with Crippen molar-refractivity contribution in [3.8, 4) is 0 Å². The number of rotatable bonds is 10. The fourth-order valence-corrected chi connectivity index (χ4v) is 4.27. The first kappa shape index (κ1) is 28.1. The molecule has 0 aliphatic carbocycles. The third-order valence-electron chi connectivity index (χ3n) is 6.02. The van der Waals surface area contributed by atoms with Gasteiger partial charge in [0.1, 0.15) is 5.82 Å². The molecular weight excluding hydrogens is 526 g/mol. The molecule has 1 aromatic heterocycles. The number of alkyl halides is 6. The highest BCUT2D eigenvalue weighted by atomic mass is 19.4. The first-order chi connectivity index (χ1) is 18.5. The summed E-state index contributed by atoms with van der Waals surface area (Å²) in [5.41, 5.74) is -1.76. The van der Waals surface area contributed by atoms with E-state index in [4.69, 9.17) is 4.74 Å². The number of H-pyrrole nitrogens is 2. The lowest BCUT2D eigenvalue weighted by Gasteiger charge is -2.29. The molecule has 12 heteroatoms. The van der Waals surface area contributed by atoms with E-state index in [0.717, 1.165) is 11.1 Å². The fraction of sp³-hybridized carbons (Fsp3) is 0.259. The minimum Gasteiger partial charge on any atom is -0.375 e. The number of nitrogens with zero attached hydrogens (tertiary/aromatic N) is 1. The molecule has 0 spiro atoms. The van der Waals surface area contributed by atoms with Gasteiger partial charge in [0, 0.05) is 12.0 Å². The molecule has 0 bridgehead atoms. The van der Waals surface area contributed by atoms with Crippen molar-refractivity contribution in [1.82, 2.24) is 20.5 Å². The third kappa shape index (κ3) is 7.58. The van der Waals surface area contributed by atoms with E-state index in [9.17, 15) is 31.1 Å². The van der Waals surface area contributed by atoms with Gasteiger partial charge in [-0.3, -0.25) is 4.98 Å². The molecule has 3 N–H and O–H groups in total. The zero-order valence-corrected chi connectivity index (χ0v) is 20.3. The van der Waals surface area contributed by atoms with Gasteiger partial charge in [0.15, 0.2) is 0 Å². The van der Waals surface area contributed by atoms with Crippen molar-refractivity contribution >= 4 is 0 Å². The average molecular weight is 551 g/mol. The lowest BCUT2D eigenvalue weighted by atomic mass is 9.85. The number of benzene rings is 3. The minimum absolute atomic E-state index is 0.0826. The lowest BCUT2D eigenvalue weighted by Crippen LogP contribution is -2.39. The number of nitrogens with one attached hydrogen (secondary N) is 3. The highest BCUT2D eigenvalue weighted by molar-refractivity contribution is 5.35. The van der Waals surface area contributed by atoms with Crippen LogP contribution in [0.2, 0.25) is 0 Å². The Morgan fingerprint density at radius 1 is 0.821 bits per heavy atom. The van der Waals surface area contributed by atoms with Crippen LogP contribution < -0.4 is 11.0 Å². The van der Waals surface area contributed by atoms with Crippen LogP contribution in [0.5, 0.6) is 0 Å². The van der Waals surface area contributed by atoms with Crippen molar-refractivity contribution in [1.29, 1.82) is 0 Å². The zero-order chi connectivity index (χ0) is 28.0. The summed E-state index contributed by atoms with van der Waals surface area (Å²) in [6, 6.07) is 19.6. The summed E-state index contributed by atoms with van der Waals surface area (Å²) in [4.78, 5) is 14.0. The molecule has 4 aromatic rings. The second-order valence-electron chi connectivity index (χ2n) is 8.84. The summed E-state index contributed by atoms with van der Waals surface area (Å²) in [6.07, 6.45) is -9.90. The first-order valence-electron chi connectivity index (χ1n) is 11.8. The van der Waals surface area contributed by atoms with Crippen LogP contribution in [0.15, 0.2) is 83.7 Å². The molecule has 0 aliphatic heterocycles. The number of hydrogen-bond acceptors (Lipinski definition) is 4. The average Bonchev–Trinajstić information content (AvgIpc) is 3.32. The van der Waals surface area contributed by atoms with Gasteiger partial charge in [-0.15, -0.1) is 0 Å². The van der Waals surface area contributed by atoms with Gasteiger partial charge in [-0.25, -0.2) is 9.89 Å². The standard InChI is InChI=1S/C27H24F6N4O2/c28-26(29,30)20-11-17(12-21(13-20)27(31,32)33)15-39-16-22(34-14-23-35-25(38)37-36-23)24(18-7-3-1-4-8-18)19-9-5-2-6-10-19/h1-13,22,24,34H,14-16H2,(H2,35,36,37,38). The second kappa shape index (κ2) is 11.9. The molecule has 6 nitrogen and oxygen atoms in total. The van der Waals surface area contributed by atoms with Crippen LogP contribution in [0.3, 0.4) is 0 Å². The van der Waals surface area contributed by atoms with Gasteiger partial charge >= 0.3 is 18.0 Å². The summed E-state index contributed by atoms with van der Waals surface area (Å²) < 4.78 is 85.4. The molecule has 1 heterocycles. The van der Waals surface area contributed by atoms with Crippen molar-refractivity contribution in [3.05, 3.63) is 123 Å². The van der Waals surface area contributed by atoms with Crippen LogP contribution in [0.1, 0.15) is 39.6 Å². The van der Waals surface area contributed by atoms with Gasteiger partial charge in [0.05, 0.1) is 30.9 Å². The van der Waals surface area contributed by atoms with E-state index in [1.54, 1.807) is 0 Å². The smallest absolute Gasteiger partial charge is 0.375 e. The van der Waals surface area contributed by atoms with E-state index in [-0.39, 0.29) is 30.7 Å². The van der Waals surface area contributed by atoms with Crippen molar-refractivity contribution in [3.63, 3.8) is 0 Å². The quantitative estimate of drug-likeness (QED) is 0.223. The fourth-order valence-electron chi connectivity index (χ4n) is 4.27. The highest BCUT2D eigenvalue weighted by Crippen LogP contribution is 2.36. The normalized spacial score (nSPS) is 13.1. The van der Waals surface area contributed by atoms with Crippen LogP contribution >= 0.6 is 0 Å². The van der Waals surface area contributed by atoms with Gasteiger partial charge in [0.2, 0.25) is 0 Å². The van der Waals surface area contributed by atoms with Crippen molar-refractivity contribution in [2.45, 2.75) is 37.5 Å². The van der Waals surface area contributed by atoms with Gasteiger partial charge < -0.3 is 10.1 Å². The van der Waals surface area contributed by atoms with E-state index in [1.807, 2.05) is 60.7 Å². The van der Waals surface area contributed by atoms with Crippen LogP contribution in [0.4, 0.5) is 26.3 Å². The Morgan fingerprint density at radius 2 is 1.36 bits per heavy atom. The van der Waals surface area contributed by atoms with E-state index in [1.165, 1.54) is 0 Å². The topological polar surface area (TPSA) is 82.8 Å². The van der Waals surface area contributed by atoms with Gasteiger partial charge in [-0.1, -0.05) is 60.7 Å². The highest BCUT2D eigenvalue weighted by Gasteiger charge is 2.37. The Bertz CT molecular complexity index is 1330. The molecule has 4 rings (SSSR count). The SMILES string of the molecule is O=c1[nH]nc(CNC(COCc2cc(C(F)(F)F)cc(C(F)(F)F)c2)C(c2ccccc2)c2ccccc2)[nH]1. The molecule has 3 aromatic carbocycles. The van der Waals surface area contributed by atoms with Gasteiger partial charge in [0.25, 0.3) is 0 Å². The molecule has 0 aliphatic rings. The van der Waals surface area contributed by atoms with E-state index in [0.29, 0.717) is 18.0 Å². The van der Waals surface area contributed by atoms with Gasteiger partial charge in [-0.05, 0) is 34.9 Å². The summed E-state index contributed by atoms with van der Waals surface area (Å²) in [6.45, 7) is -0.452. The Labute approximate surface area is 219 Å². The maximum absolute atomic E-state index is 13.3. The van der Waals surface area contributed by atoms with Crippen LogP contribution in [-0.2, 0) is 30.2 Å².